The maximum atomic E-state index is 12.2. The zero-order valence-corrected chi connectivity index (χ0v) is 13.5. The summed E-state index contributed by atoms with van der Waals surface area (Å²) in [5.74, 6) is -3.08. The van der Waals surface area contributed by atoms with Gasteiger partial charge >= 0.3 is 11.9 Å². The number of hydrogen-bond acceptors (Lipinski definition) is 8. The molecule has 0 amide bonds. The van der Waals surface area contributed by atoms with Gasteiger partial charge < -0.3 is 29.5 Å². The van der Waals surface area contributed by atoms with E-state index in [-0.39, 0.29) is 23.5 Å². The molecule has 8 nitrogen and oxygen atoms in total. The zero-order chi connectivity index (χ0) is 18.6. The molecule has 0 fully saturated rings. The number of carbonyl (C=O) groups is 2. The number of esters is 2. The number of ether oxygens (including phenoxy) is 3. The topological polar surface area (TPSA) is 123 Å². The van der Waals surface area contributed by atoms with Crippen molar-refractivity contribution in [2.75, 3.05) is 14.2 Å². The van der Waals surface area contributed by atoms with Gasteiger partial charge in [-0.15, -0.1) is 0 Å². The zero-order valence-electron chi connectivity index (χ0n) is 13.5. The van der Waals surface area contributed by atoms with Crippen molar-refractivity contribution < 1.29 is 39.1 Å². The van der Waals surface area contributed by atoms with E-state index in [2.05, 4.69) is 4.74 Å². The molecule has 3 N–H and O–H groups in total. The minimum Gasteiger partial charge on any atom is -0.504 e. The van der Waals surface area contributed by atoms with Gasteiger partial charge in [0, 0.05) is 0 Å². The Morgan fingerprint density at radius 3 is 2.16 bits per heavy atom. The van der Waals surface area contributed by atoms with Gasteiger partial charge in [0.1, 0.15) is 0 Å². The van der Waals surface area contributed by atoms with Gasteiger partial charge in [-0.1, -0.05) is 6.07 Å². The highest BCUT2D eigenvalue weighted by molar-refractivity contribution is 5.93. The van der Waals surface area contributed by atoms with Gasteiger partial charge in [0.25, 0.3) is 0 Å². The van der Waals surface area contributed by atoms with Gasteiger partial charge in [0.15, 0.2) is 28.7 Å². The van der Waals surface area contributed by atoms with E-state index in [1.54, 1.807) is 6.07 Å². The molecule has 2 aromatic carbocycles. The van der Waals surface area contributed by atoms with E-state index in [0.717, 1.165) is 12.1 Å². The molecule has 0 spiro atoms. The second kappa shape index (κ2) is 7.43. The lowest BCUT2D eigenvalue weighted by atomic mass is 10.1. The predicted octanol–water partition coefficient (Wildman–Crippen LogP) is 1.75. The Morgan fingerprint density at radius 1 is 0.960 bits per heavy atom. The summed E-state index contributed by atoms with van der Waals surface area (Å²) < 4.78 is 14.9. The van der Waals surface area contributed by atoms with Gasteiger partial charge in [-0.2, -0.15) is 0 Å². The molecule has 2 rings (SSSR count). The van der Waals surface area contributed by atoms with Crippen LogP contribution < -0.4 is 9.47 Å². The van der Waals surface area contributed by atoms with Crippen LogP contribution >= 0.6 is 0 Å². The van der Waals surface area contributed by atoms with Crippen LogP contribution in [-0.4, -0.2) is 41.5 Å². The molecule has 25 heavy (non-hydrogen) atoms. The van der Waals surface area contributed by atoms with Crippen LogP contribution in [0.4, 0.5) is 0 Å². The third-order valence-electron chi connectivity index (χ3n) is 3.31. The monoisotopic (exact) mass is 348 g/mol. The number of carbonyl (C=O) groups excluding carboxylic acids is 2. The molecule has 0 aromatic heterocycles. The molecule has 0 saturated carbocycles. The third kappa shape index (κ3) is 4.11. The van der Waals surface area contributed by atoms with Crippen molar-refractivity contribution in [1.29, 1.82) is 0 Å². The normalized spacial score (nSPS) is 10.2. The van der Waals surface area contributed by atoms with Crippen molar-refractivity contribution in [3.05, 3.63) is 41.5 Å². The van der Waals surface area contributed by atoms with E-state index in [1.807, 2.05) is 0 Å². The second-order valence-electron chi connectivity index (χ2n) is 4.99. The Kier molecular flexibility index (Phi) is 5.33. The Balaban J connectivity index is 2.24. The van der Waals surface area contributed by atoms with Crippen LogP contribution in [-0.2, 0) is 16.0 Å². The van der Waals surface area contributed by atoms with Gasteiger partial charge in [-0.25, -0.2) is 4.79 Å². The van der Waals surface area contributed by atoms with Crippen molar-refractivity contribution >= 4 is 11.9 Å². The SMILES string of the molecule is COC(=O)Cc1ccc(OC(=O)c2cc(O)c(O)c(O)c2)c(OC)c1. The highest BCUT2D eigenvalue weighted by Gasteiger charge is 2.17. The molecule has 0 bridgehead atoms. The summed E-state index contributed by atoms with van der Waals surface area (Å²) in [5.41, 5.74) is 0.428. The molecule has 0 atom stereocenters. The molecule has 2 aromatic rings. The van der Waals surface area contributed by atoms with Crippen molar-refractivity contribution in [2.24, 2.45) is 0 Å². The summed E-state index contributed by atoms with van der Waals surface area (Å²) in [5, 5.41) is 28.2. The Labute approximate surface area is 142 Å². The summed E-state index contributed by atoms with van der Waals surface area (Å²) in [4.78, 5) is 23.5. The fraction of sp³-hybridized carbons (Fsp3) is 0.176. The minimum absolute atomic E-state index is 0.0286. The Bertz CT molecular complexity index is 789. The van der Waals surface area contributed by atoms with Crippen LogP contribution in [0, 0.1) is 0 Å². The van der Waals surface area contributed by atoms with Crippen molar-refractivity contribution in [3.63, 3.8) is 0 Å². The molecule has 0 unspecified atom stereocenters. The standard InChI is InChI=1S/C17H16O8/c1-23-14-5-9(6-15(20)24-2)3-4-13(14)25-17(22)10-7-11(18)16(21)12(19)8-10/h3-5,7-8,18-19,21H,6H2,1-2H3. The molecular weight excluding hydrogens is 332 g/mol. The van der Waals surface area contributed by atoms with Crippen molar-refractivity contribution in [1.82, 2.24) is 0 Å². The maximum Gasteiger partial charge on any atom is 0.343 e. The van der Waals surface area contributed by atoms with Gasteiger partial charge in [0.2, 0.25) is 0 Å². The van der Waals surface area contributed by atoms with Gasteiger partial charge in [-0.3, -0.25) is 4.79 Å². The fourth-order valence-electron chi connectivity index (χ4n) is 2.03. The minimum atomic E-state index is -0.885. The Hall–Kier alpha value is -3.42. The van der Waals surface area contributed by atoms with Gasteiger partial charge in [-0.05, 0) is 29.8 Å². The van der Waals surface area contributed by atoms with Gasteiger partial charge in [0.05, 0.1) is 26.2 Å². The Morgan fingerprint density at radius 2 is 1.60 bits per heavy atom. The molecule has 0 radical (unpaired) electrons. The largest absolute Gasteiger partial charge is 0.504 e. The highest BCUT2D eigenvalue weighted by Crippen LogP contribution is 2.36. The predicted molar refractivity (Wildman–Crippen MR) is 85.1 cm³/mol. The summed E-state index contributed by atoms with van der Waals surface area (Å²) in [6.07, 6.45) is 0.0286. The van der Waals surface area contributed by atoms with Crippen LogP contribution in [0.2, 0.25) is 0 Å². The number of benzene rings is 2. The fourth-order valence-corrected chi connectivity index (χ4v) is 2.03. The third-order valence-corrected chi connectivity index (χ3v) is 3.31. The lowest BCUT2D eigenvalue weighted by Crippen LogP contribution is -2.10. The summed E-state index contributed by atoms with van der Waals surface area (Å²) in [6.45, 7) is 0. The smallest absolute Gasteiger partial charge is 0.343 e. The van der Waals surface area contributed by atoms with Crippen LogP contribution in [0.5, 0.6) is 28.7 Å². The quantitative estimate of drug-likeness (QED) is 0.424. The first-order valence-electron chi connectivity index (χ1n) is 7.06. The molecule has 0 saturated heterocycles. The molecular formula is C17H16O8. The van der Waals surface area contributed by atoms with Crippen LogP contribution in [0.3, 0.4) is 0 Å². The summed E-state index contributed by atoms with van der Waals surface area (Å²) >= 11 is 0. The number of phenols is 3. The van der Waals surface area contributed by atoms with E-state index in [0.29, 0.717) is 5.56 Å². The van der Waals surface area contributed by atoms with E-state index in [9.17, 15) is 24.9 Å². The van der Waals surface area contributed by atoms with E-state index in [4.69, 9.17) is 9.47 Å². The number of methoxy groups -OCH3 is 2. The van der Waals surface area contributed by atoms with E-state index >= 15 is 0 Å². The lowest BCUT2D eigenvalue weighted by molar-refractivity contribution is -0.139. The average Bonchev–Trinajstić information content (AvgIpc) is 2.60. The van der Waals surface area contributed by atoms with Crippen LogP contribution in [0.1, 0.15) is 15.9 Å². The van der Waals surface area contributed by atoms with E-state index in [1.165, 1.54) is 26.4 Å². The number of phenolic OH excluding ortho intramolecular Hbond substituents is 3. The molecule has 132 valence electrons. The molecule has 0 aliphatic heterocycles. The first kappa shape index (κ1) is 17.9. The van der Waals surface area contributed by atoms with Crippen LogP contribution in [0.15, 0.2) is 30.3 Å². The molecule has 8 heteroatoms. The summed E-state index contributed by atoms with van der Waals surface area (Å²) in [6, 6.07) is 6.43. The van der Waals surface area contributed by atoms with Crippen LogP contribution in [0.25, 0.3) is 0 Å². The molecule has 0 aliphatic rings. The van der Waals surface area contributed by atoms with E-state index < -0.39 is 29.2 Å². The highest BCUT2D eigenvalue weighted by atomic mass is 16.6. The second-order valence-corrected chi connectivity index (χ2v) is 4.99. The molecule has 0 aliphatic carbocycles. The maximum absolute atomic E-state index is 12.2. The van der Waals surface area contributed by atoms with Crippen molar-refractivity contribution in [2.45, 2.75) is 6.42 Å². The first-order chi connectivity index (χ1) is 11.8. The average molecular weight is 348 g/mol. The first-order valence-corrected chi connectivity index (χ1v) is 7.06. The lowest BCUT2D eigenvalue weighted by Gasteiger charge is -2.11. The number of hydrogen-bond donors (Lipinski definition) is 3. The summed E-state index contributed by atoms with van der Waals surface area (Å²) in [7, 11) is 2.64. The van der Waals surface area contributed by atoms with Crippen molar-refractivity contribution in [3.8, 4) is 28.7 Å². The number of aromatic hydroxyl groups is 3. The number of rotatable bonds is 5. The molecule has 0 heterocycles.